The number of anilines is 1. The number of hydrogen-bond donors (Lipinski definition) is 2. The molecule has 2 heterocycles. The number of esters is 1. The van der Waals surface area contributed by atoms with Crippen LogP contribution in [0.5, 0.6) is 0 Å². The number of nitrogens with zero attached hydrogens (tertiary/aromatic N) is 2. The molecule has 0 radical (unpaired) electrons. The minimum Gasteiger partial charge on any atom is -0.456 e. The van der Waals surface area contributed by atoms with Crippen molar-refractivity contribution in [3.05, 3.63) is 83.3 Å². The summed E-state index contributed by atoms with van der Waals surface area (Å²) >= 11 is 7.07. The van der Waals surface area contributed by atoms with E-state index in [0.717, 1.165) is 5.56 Å². The molecule has 0 aliphatic carbocycles. The molecule has 0 aliphatic heterocycles. The van der Waals surface area contributed by atoms with Crippen LogP contribution in [0.3, 0.4) is 0 Å². The Morgan fingerprint density at radius 2 is 1.78 bits per heavy atom. The summed E-state index contributed by atoms with van der Waals surface area (Å²) in [5.41, 5.74) is 1.65. The molecule has 164 valence electrons. The van der Waals surface area contributed by atoms with Crippen molar-refractivity contribution in [3.63, 3.8) is 0 Å². The Labute approximate surface area is 193 Å². The van der Waals surface area contributed by atoms with Crippen molar-refractivity contribution < 1.29 is 19.1 Å². The molecule has 3 aromatic rings. The molecule has 0 saturated carbocycles. The average Bonchev–Trinajstić information content (AvgIpc) is 2.79. The van der Waals surface area contributed by atoms with Gasteiger partial charge in [-0.25, -0.2) is 4.98 Å². The number of nitrogens with one attached hydrogen (secondary N) is 2. The molecule has 32 heavy (non-hydrogen) atoms. The van der Waals surface area contributed by atoms with Crippen molar-refractivity contribution in [2.24, 2.45) is 0 Å². The van der Waals surface area contributed by atoms with Gasteiger partial charge in [0.1, 0.15) is 10.4 Å². The van der Waals surface area contributed by atoms with Gasteiger partial charge in [0.05, 0.1) is 5.56 Å². The van der Waals surface area contributed by atoms with Gasteiger partial charge in [-0.3, -0.25) is 19.4 Å². The molecule has 8 nitrogen and oxygen atoms in total. The van der Waals surface area contributed by atoms with Crippen molar-refractivity contribution >= 4 is 46.8 Å². The van der Waals surface area contributed by atoms with E-state index in [1.807, 2.05) is 0 Å². The number of benzene rings is 1. The highest BCUT2D eigenvalue weighted by atomic mass is 35.5. The summed E-state index contributed by atoms with van der Waals surface area (Å²) in [6.45, 7) is 0.811. The van der Waals surface area contributed by atoms with Gasteiger partial charge in [-0.05, 0) is 54.1 Å². The topological polar surface area (TPSA) is 110 Å². The van der Waals surface area contributed by atoms with Crippen LogP contribution in [-0.2, 0) is 14.3 Å². The molecule has 2 amide bonds. The molecule has 1 unspecified atom stereocenters. The molecule has 1 atom stereocenters. The lowest BCUT2D eigenvalue weighted by molar-refractivity contribution is -0.146. The fourth-order valence-corrected chi connectivity index (χ4v) is 3.82. The SMILES string of the molecule is CC(=O)OCC(=O)NC(Sc1ncccc1C(=O)Nc1ccc(Cl)cc1)c1ccncc1. The first-order chi connectivity index (χ1) is 15.4. The molecular weight excluding hydrogens is 452 g/mol. The van der Waals surface area contributed by atoms with Crippen LogP contribution in [0.25, 0.3) is 0 Å². The third kappa shape index (κ3) is 6.79. The molecule has 0 fully saturated rings. The second-order valence-corrected chi connectivity index (χ2v) is 7.97. The lowest BCUT2D eigenvalue weighted by Gasteiger charge is -2.19. The lowest BCUT2D eigenvalue weighted by atomic mass is 10.2. The smallest absolute Gasteiger partial charge is 0.303 e. The zero-order valence-corrected chi connectivity index (χ0v) is 18.5. The Bertz CT molecular complexity index is 1100. The van der Waals surface area contributed by atoms with E-state index in [-0.39, 0.29) is 5.91 Å². The lowest BCUT2D eigenvalue weighted by Crippen LogP contribution is -2.31. The number of aromatic nitrogens is 2. The van der Waals surface area contributed by atoms with Crippen LogP contribution in [0.15, 0.2) is 72.1 Å². The third-order valence-electron chi connectivity index (χ3n) is 4.05. The van der Waals surface area contributed by atoms with E-state index in [9.17, 15) is 14.4 Å². The van der Waals surface area contributed by atoms with Gasteiger partial charge < -0.3 is 15.4 Å². The highest BCUT2D eigenvalue weighted by molar-refractivity contribution is 7.99. The minimum atomic E-state index is -0.599. The third-order valence-corrected chi connectivity index (χ3v) is 5.48. The normalized spacial score (nSPS) is 11.3. The summed E-state index contributed by atoms with van der Waals surface area (Å²) in [6.07, 6.45) is 4.74. The fourth-order valence-electron chi connectivity index (χ4n) is 2.57. The maximum Gasteiger partial charge on any atom is 0.303 e. The summed E-state index contributed by atoms with van der Waals surface area (Å²) in [5, 5.41) is 5.97. The Kier molecular flexibility index (Phi) is 8.18. The van der Waals surface area contributed by atoms with Crippen LogP contribution >= 0.6 is 23.4 Å². The van der Waals surface area contributed by atoms with E-state index in [0.29, 0.717) is 21.3 Å². The quantitative estimate of drug-likeness (QED) is 0.292. The van der Waals surface area contributed by atoms with Gasteiger partial charge in [-0.15, -0.1) is 0 Å². The Morgan fingerprint density at radius 3 is 2.47 bits per heavy atom. The van der Waals surface area contributed by atoms with E-state index in [1.54, 1.807) is 67.1 Å². The van der Waals surface area contributed by atoms with Gasteiger partial charge >= 0.3 is 5.97 Å². The predicted molar refractivity (Wildman–Crippen MR) is 121 cm³/mol. The highest BCUT2D eigenvalue weighted by Gasteiger charge is 2.21. The minimum absolute atomic E-state index is 0.334. The molecule has 3 rings (SSSR count). The van der Waals surface area contributed by atoms with Crippen molar-refractivity contribution in [2.45, 2.75) is 17.3 Å². The van der Waals surface area contributed by atoms with Gasteiger partial charge in [0, 0.05) is 36.2 Å². The molecule has 0 aliphatic rings. The average molecular weight is 471 g/mol. The number of thioether (sulfide) groups is 1. The number of carbonyl (C=O) groups is 3. The summed E-state index contributed by atoms with van der Waals surface area (Å²) < 4.78 is 4.77. The monoisotopic (exact) mass is 470 g/mol. The second-order valence-electron chi connectivity index (χ2n) is 6.44. The van der Waals surface area contributed by atoms with Gasteiger partial charge in [-0.1, -0.05) is 23.4 Å². The number of hydrogen-bond acceptors (Lipinski definition) is 7. The van der Waals surface area contributed by atoms with Crippen molar-refractivity contribution in [3.8, 4) is 0 Å². The summed E-state index contributed by atoms with van der Waals surface area (Å²) in [5.74, 6) is -1.40. The Morgan fingerprint density at radius 1 is 1.06 bits per heavy atom. The first-order valence-electron chi connectivity index (χ1n) is 9.43. The number of ether oxygens (including phenoxy) is 1. The predicted octanol–water partition coefficient (Wildman–Crippen LogP) is 3.85. The first kappa shape index (κ1) is 23.2. The van der Waals surface area contributed by atoms with Crippen molar-refractivity contribution in [1.29, 1.82) is 0 Å². The van der Waals surface area contributed by atoms with E-state index in [1.165, 1.54) is 18.7 Å². The number of amides is 2. The molecule has 0 spiro atoms. The van der Waals surface area contributed by atoms with Crippen molar-refractivity contribution in [2.75, 3.05) is 11.9 Å². The largest absolute Gasteiger partial charge is 0.456 e. The second kappa shape index (κ2) is 11.3. The maximum absolute atomic E-state index is 12.9. The molecule has 0 saturated heterocycles. The first-order valence-corrected chi connectivity index (χ1v) is 10.7. The van der Waals surface area contributed by atoms with Crippen LogP contribution in [0.4, 0.5) is 5.69 Å². The molecule has 2 N–H and O–H groups in total. The van der Waals surface area contributed by atoms with Crippen LogP contribution in [-0.4, -0.2) is 34.4 Å². The van der Waals surface area contributed by atoms with E-state index in [2.05, 4.69) is 20.6 Å². The summed E-state index contributed by atoms with van der Waals surface area (Å²) in [6, 6.07) is 13.5. The number of halogens is 1. The van der Waals surface area contributed by atoms with Gasteiger partial charge in [0.2, 0.25) is 0 Å². The van der Waals surface area contributed by atoms with Crippen molar-refractivity contribution in [1.82, 2.24) is 15.3 Å². The number of pyridine rings is 2. The summed E-state index contributed by atoms with van der Waals surface area (Å²) in [4.78, 5) is 44.5. The maximum atomic E-state index is 12.9. The van der Waals surface area contributed by atoms with E-state index >= 15 is 0 Å². The summed E-state index contributed by atoms with van der Waals surface area (Å²) in [7, 11) is 0. The Balaban J connectivity index is 1.81. The van der Waals surface area contributed by atoms with E-state index in [4.69, 9.17) is 16.3 Å². The molecule has 0 bridgehead atoms. The standard InChI is InChI=1S/C22H19ClN4O4S/c1-14(28)31-13-19(29)27-21(15-8-11-24-12-9-15)32-22-18(3-2-10-25-22)20(30)26-17-6-4-16(23)5-7-17/h2-12,21H,13H2,1H3,(H,26,30)(H,27,29). The fraction of sp³-hybridized carbons (Fsp3) is 0.136. The van der Waals surface area contributed by atoms with Crippen LogP contribution in [0.1, 0.15) is 28.2 Å². The molecule has 1 aromatic carbocycles. The highest BCUT2D eigenvalue weighted by Crippen LogP contribution is 2.34. The van der Waals surface area contributed by atoms with Crippen LogP contribution in [0.2, 0.25) is 5.02 Å². The number of rotatable bonds is 8. The van der Waals surface area contributed by atoms with Gasteiger partial charge in [0.15, 0.2) is 6.61 Å². The van der Waals surface area contributed by atoms with E-state index < -0.39 is 23.9 Å². The van der Waals surface area contributed by atoms with Gasteiger partial charge in [0.25, 0.3) is 11.8 Å². The molecule has 10 heteroatoms. The number of carbonyl (C=O) groups excluding carboxylic acids is 3. The molecule has 2 aromatic heterocycles. The zero-order chi connectivity index (χ0) is 22.9. The van der Waals surface area contributed by atoms with Gasteiger partial charge in [-0.2, -0.15) is 0 Å². The van der Waals surface area contributed by atoms with Crippen LogP contribution in [0, 0.1) is 0 Å². The molecular formula is C22H19ClN4O4S. The zero-order valence-electron chi connectivity index (χ0n) is 16.9. The van der Waals surface area contributed by atoms with Crippen LogP contribution < -0.4 is 10.6 Å². The Hall–Kier alpha value is -3.43.